The van der Waals surface area contributed by atoms with E-state index >= 15 is 4.39 Å². The van der Waals surface area contributed by atoms with Crippen LogP contribution in [0.2, 0.25) is 5.02 Å². The molecule has 27 heteroatoms. The number of hydrogen-bond acceptors (Lipinski definition) is 21. The molecule has 1 amide bonds. The number of fused-ring (bicyclic) bond motifs is 1. The van der Waals surface area contributed by atoms with Gasteiger partial charge in [-0.1, -0.05) is 49.7 Å². The summed E-state index contributed by atoms with van der Waals surface area (Å²) in [5.41, 5.74) is 3.66. The number of nitrogens with zero attached hydrogens (tertiary/aromatic N) is 9. The molecule has 0 unspecified atom stereocenters. The Hall–Kier alpha value is -8.13. The maximum atomic E-state index is 15.5. The Morgan fingerprint density at radius 2 is 1.47 bits per heavy atom. The van der Waals surface area contributed by atoms with Gasteiger partial charge in [-0.3, -0.25) is 14.3 Å². The molecule has 0 saturated heterocycles. The highest BCUT2D eigenvalue weighted by Crippen LogP contribution is 2.37. The van der Waals surface area contributed by atoms with Gasteiger partial charge < -0.3 is 63.7 Å². The maximum Gasteiger partial charge on any atom is 0.320 e. The number of nitrogens with one attached hydrogen (secondary N) is 3. The zero-order valence-electron chi connectivity index (χ0n) is 51.9. The zero-order valence-corrected chi connectivity index (χ0v) is 52.6. The van der Waals surface area contributed by atoms with Gasteiger partial charge in [0.2, 0.25) is 5.88 Å². The average molecular weight is 1280 g/mol. The van der Waals surface area contributed by atoms with Crippen LogP contribution in [-0.2, 0) is 57.7 Å². The largest absolute Gasteiger partial charge is 0.484 e. The van der Waals surface area contributed by atoms with Gasteiger partial charge in [0.25, 0.3) is 5.91 Å². The van der Waals surface area contributed by atoms with Crippen LogP contribution in [0.15, 0.2) is 85.5 Å². The number of anilines is 1. The summed E-state index contributed by atoms with van der Waals surface area (Å²) in [6.07, 6.45) is 10.1. The van der Waals surface area contributed by atoms with E-state index in [0.29, 0.717) is 158 Å². The molecule has 0 bridgehead atoms. The van der Waals surface area contributed by atoms with E-state index in [-0.39, 0.29) is 51.3 Å². The van der Waals surface area contributed by atoms with Crippen molar-refractivity contribution >= 4 is 40.2 Å². The van der Waals surface area contributed by atoms with Gasteiger partial charge in [0, 0.05) is 67.6 Å². The van der Waals surface area contributed by atoms with E-state index in [1.54, 1.807) is 55.1 Å². The minimum Gasteiger partial charge on any atom is -0.484 e. The first-order valence-electron chi connectivity index (χ1n) is 30.0. The summed E-state index contributed by atoms with van der Waals surface area (Å²) in [4.78, 5) is 45.9. The summed E-state index contributed by atoms with van der Waals surface area (Å²) in [5.74, 6) is -1.04. The van der Waals surface area contributed by atoms with Crippen LogP contribution in [0.1, 0.15) is 93.9 Å². The lowest BCUT2D eigenvalue weighted by molar-refractivity contribution is -0.139. The Morgan fingerprint density at radius 1 is 0.780 bits per heavy atom. The molecule has 2 aromatic carbocycles. The number of unbranched alkanes of at least 4 members (excludes halogenated alkanes) is 2. The Kier molecular flexibility index (Phi) is 28.8. The topological polar surface area (TPSA) is 292 Å². The van der Waals surface area contributed by atoms with Crippen molar-refractivity contribution in [2.75, 3.05) is 97.8 Å². The van der Waals surface area contributed by atoms with Crippen molar-refractivity contribution in [3.05, 3.63) is 130 Å². The van der Waals surface area contributed by atoms with Gasteiger partial charge in [-0.2, -0.15) is 5.26 Å². The number of pyridine rings is 3. The van der Waals surface area contributed by atoms with Gasteiger partial charge in [-0.15, -0.1) is 5.10 Å². The van der Waals surface area contributed by atoms with Crippen LogP contribution >= 0.6 is 11.6 Å². The molecule has 0 radical (unpaired) electrons. The first-order chi connectivity index (χ1) is 44.0. The van der Waals surface area contributed by atoms with Gasteiger partial charge in [0.15, 0.2) is 12.4 Å². The van der Waals surface area contributed by atoms with Crippen molar-refractivity contribution in [3.8, 4) is 40.7 Å². The minimum atomic E-state index is -0.877. The molecule has 5 heterocycles. The molecule has 0 saturated carbocycles. The number of hydrogen-bond donors (Lipinski definition) is 4. The zero-order chi connectivity index (χ0) is 64.8. The van der Waals surface area contributed by atoms with Crippen LogP contribution in [0, 0.1) is 35.3 Å². The van der Waals surface area contributed by atoms with Crippen molar-refractivity contribution in [2.45, 2.75) is 98.5 Å². The summed E-state index contributed by atoms with van der Waals surface area (Å²) in [6, 6.07) is 16.6. The Morgan fingerprint density at radius 3 is 2.14 bits per heavy atom. The number of aryl methyl sites for hydroxylation is 2. The molecule has 7 aromatic rings. The second-order valence-corrected chi connectivity index (χ2v) is 22.5. The molecule has 2 atom stereocenters. The molecule has 5 aromatic heterocycles. The van der Waals surface area contributed by atoms with Gasteiger partial charge in [-0.05, 0) is 87.3 Å². The Bertz CT molecular complexity index is 3430. The number of carboxylic acids is 1. The van der Waals surface area contributed by atoms with Crippen molar-refractivity contribution in [1.29, 1.82) is 5.26 Å². The summed E-state index contributed by atoms with van der Waals surface area (Å²) in [6.45, 7) is 15.8. The number of aliphatic carboxylic acids is 1. The van der Waals surface area contributed by atoms with E-state index in [1.807, 2.05) is 18.3 Å². The van der Waals surface area contributed by atoms with Crippen molar-refractivity contribution in [1.82, 2.24) is 50.5 Å². The first kappa shape index (κ1) is 70.3. The third-order valence-corrected chi connectivity index (χ3v) is 14.1. The maximum absolute atomic E-state index is 15.5. The Labute approximate surface area is 532 Å². The van der Waals surface area contributed by atoms with Crippen LogP contribution in [0.5, 0.6) is 23.4 Å². The third-order valence-electron chi connectivity index (χ3n) is 13.6. The minimum absolute atomic E-state index is 0.0330. The second-order valence-electron chi connectivity index (χ2n) is 22.1. The van der Waals surface area contributed by atoms with Gasteiger partial charge in [0.05, 0.1) is 132 Å². The smallest absolute Gasteiger partial charge is 0.320 e. The second kappa shape index (κ2) is 37.3. The highest BCUT2D eigenvalue weighted by molar-refractivity contribution is 6.35. The molecule has 4 N–H and O–H groups in total. The molecule has 0 aliphatic heterocycles. The summed E-state index contributed by atoms with van der Waals surface area (Å²) in [5, 5.41) is 36.6. The fraction of sp³-hybridized carbons (Fsp3) is 0.469. The monoisotopic (exact) mass is 1280 g/mol. The number of carbonyl (C=O) groups excluding carboxylic acids is 1. The number of rotatable bonds is 42. The number of carboxylic acid groups (broad SMARTS) is 1. The molecule has 0 aliphatic rings. The molecule has 91 heavy (non-hydrogen) atoms. The van der Waals surface area contributed by atoms with Crippen LogP contribution in [0.4, 0.5) is 14.5 Å². The van der Waals surface area contributed by atoms with Crippen molar-refractivity contribution in [2.24, 2.45) is 5.41 Å². The first-order valence-corrected chi connectivity index (χ1v) is 30.4. The van der Waals surface area contributed by atoms with Crippen LogP contribution in [0.25, 0.3) is 22.3 Å². The lowest BCUT2D eigenvalue weighted by Crippen LogP contribution is -2.37. The van der Waals surface area contributed by atoms with Gasteiger partial charge in [-0.25, -0.2) is 33.7 Å². The lowest BCUT2D eigenvalue weighted by atomic mass is 9.88. The third kappa shape index (κ3) is 24.5. The predicted molar refractivity (Wildman–Crippen MR) is 333 cm³/mol. The molecule has 0 spiro atoms. The number of aromatic nitrogens is 8. The highest BCUT2D eigenvalue weighted by atomic mass is 35.5. The summed E-state index contributed by atoms with van der Waals surface area (Å²) < 4.78 is 82.8. The molecule has 7 rings (SSSR count). The molecule has 0 fully saturated rings. The van der Waals surface area contributed by atoms with Crippen molar-refractivity contribution in [3.63, 3.8) is 0 Å². The lowest BCUT2D eigenvalue weighted by Gasteiger charge is -2.21. The highest BCUT2D eigenvalue weighted by Gasteiger charge is 2.23. The van der Waals surface area contributed by atoms with E-state index in [9.17, 15) is 24.3 Å². The summed E-state index contributed by atoms with van der Waals surface area (Å²) in [7, 11) is 0. The van der Waals surface area contributed by atoms with Crippen LogP contribution < -0.4 is 30.2 Å². The number of carbonyl (C=O) groups is 2. The molecule has 0 aliphatic carbocycles. The molecule has 488 valence electrons. The molecule has 24 nitrogen and oxygen atoms in total. The predicted octanol–water partition coefficient (Wildman–Crippen LogP) is 9.56. The standard InChI is InChI=1S/C64H79ClF2N12O12/c1-43(51-32-45(35-68)12-14-52(51)66)75-61-58(65)44(2)74-55-34-53(67)59(76-60(55)61)47-38-72-63(73-39-47)89-20-8-6-7-19-79-40-48(77-78-79)41-88-31-30-87-29-28-86-27-26-85-25-24-84-23-22-83-21-18-69-56(80)42-90-49-10-9-11-50(33-49)91-57-15-13-46(37-71-57)36-70-54(62(81)82)16-17-64(3,4)5/h9-15,32-34,37-40,43,54,70H,6-8,16-31,36,41-42H2,1-5H3,(H,69,80)(H,74,75)(H,81,82)/t43-,54+/m1/s1. The van der Waals surface area contributed by atoms with E-state index < -0.39 is 29.7 Å². The molecular weight excluding hydrogens is 1200 g/mol. The normalized spacial score (nSPS) is 12.2. The van der Waals surface area contributed by atoms with E-state index in [4.69, 9.17) is 54.2 Å². The van der Waals surface area contributed by atoms with Gasteiger partial charge >= 0.3 is 12.0 Å². The van der Waals surface area contributed by atoms with Crippen LogP contribution in [-0.4, -0.2) is 155 Å². The number of halogens is 3. The van der Waals surface area contributed by atoms with E-state index in [1.165, 1.54) is 36.7 Å². The van der Waals surface area contributed by atoms with Crippen LogP contribution in [0.3, 0.4) is 0 Å². The fourth-order valence-electron chi connectivity index (χ4n) is 8.77. The average Bonchev–Trinajstić information content (AvgIpc) is 1.21. The number of nitriles is 1. The van der Waals surface area contributed by atoms with Crippen molar-refractivity contribution < 1.29 is 66.1 Å². The quantitative estimate of drug-likeness (QED) is 0.0259. The van der Waals surface area contributed by atoms with E-state index in [0.717, 1.165) is 31.2 Å². The van der Waals surface area contributed by atoms with Gasteiger partial charge in [0.1, 0.15) is 40.3 Å². The number of benzene rings is 2. The van der Waals surface area contributed by atoms with E-state index in [2.05, 4.69) is 72.0 Å². The fourth-order valence-corrected chi connectivity index (χ4v) is 8.96. The summed E-state index contributed by atoms with van der Waals surface area (Å²) >= 11 is 6.69. The number of ether oxygens (including phenoxy) is 9. The Balaban J connectivity index is 0.631. The SMILES string of the molecule is Cc1nc2cc(F)c(-c3cnc(OCCCCCn4cc(COCCOCCOCCOCCOCCOCCNC(=O)COc5cccc(Oc6ccc(CN[C@@H](CCC(C)(C)C)C(=O)O)cn6)c5)nn4)nc3)nc2c(N[C@H](C)c2cc(C#N)ccc2F)c1Cl. The molecular formula is C64H79ClF2N12O12. The number of amides is 1.